The molecule has 1 N–H and O–H groups in total. The van der Waals surface area contributed by atoms with Gasteiger partial charge in [0.05, 0.1) is 11.4 Å². The number of ketones is 1. The number of amides is 2. The number of carbonyl (C=O) groups is 3. The van der Waals surface area contributed by atoms with E-state index in [4.69, 9.17) is 0 Å². The Morgan fingerprint density at radius 3 is 2.37 bits per heavy atom. The molecular formula is C24H28FN7O5S. The lowest BCUT2D eigenvalue weighted by atomic mass is 10.1. The zero-order valence-corrected chi connectivity index (χ0v) is 21.8. The van der Waals surface area contributed by atoms with Gasteiger partial charge in [-0.05, 0) is 30.8 Å². The molecule has 0 spiro atoms. The highest BCUT2D eigenvalue weighted by Crippen LogP contribution is 2.30. The van der Waals surface area contributed by atoms with Crippen LogP contribution in [0.1, 0.15) is 5.56 Å². The number of hydrogen-bond donors (Lipinski definition) is 1. The lowest BCUT2D eigenvalue weighted by molar-refractivity contribution is -0.144. The molecule has 5 rings (SSSR count). The Labute approximate surface area is 219 Å². The number of nitrogens with zero attached hydrogens (tertiary/aromatic N) is 6. The molecule has 2 fully saturated rings. The minimum atomic E-state index is -3.89. The molecule has 14 heteroatoms. The molecule has 0 saturated carbocycles. The first-order valence-electron chi connectivity index (χ1n) is 12.1. The number of benzene rings is 1. The van der Waals surface area contributed by atoms with Crippen LogP contribution in [0.5, 0.6) is 0 Å². The maximum absolute atomic E-state index is 13.2. The van der Waals surface area contributed by atoms with Crippen LogP contribution >= 0.6 is 0 Å². The summed E-state index contributed by atoms with van der Waals surface area (Å²) >= 11 is 0. The number of halogens is 1. The minimum absolute atomic E-state index is 0.00684. The molecule has 2 saturated heterocycles. The molecule has 202 valence electrons. The van der Waals surface area contributed by atoms with E-state index in [9.17, 15) is 27.2 Å². The quantitative estimate of drug-likeness (QED) is 0.376. The van der Waals surface area contributed by atoms with E-state index in [1.54, 1.807) is 6.08 Å². The Hall–Kier alpha value is -3.62. The monoisotopic (exact) mass is 545 g/mol. The zero-order chi connectivity index (χ0) is 27.2. The highest BCUT2D eigenvalue weighted by atomic mass is 32.2. The fourth-order valence-corrected chi connectivity index (χ4v) is 5.96. The van der Waals surface area contributed by atoms with E-state index < -0.39 is 39.7 Å². The molecule has 0 aromatic heterocycles. The van der Waals surface area contributed by atoms with E-state index in [-0.39, 0.29) is 31.2 Å². The summed E-state index contributed by atoms with van der Waals surface area (Å²) < 4.78 is 41.7. The molecule has 1 aromatic rings. The number of carbonyl (C=O) groups excluding carboxylic acids is 3. The summed E-state index contributed by atoms with van der Waals surface area (Å²) in [7, 11) is -0.433. The number of aliphatic imine (C=N–C) groups is 1. The van der Waals surface area contributed by atoms with Crippen LogP contribution in [-0.4, -0.2) is 115 Å². The van der Waals surface area contributed by atoms with Crippen molar-refractivity contribution in [2.75, 3.05) is 53.4 Å². The Bertz CT molecular complexity index is 1370. The Morgan fingerprint density at radius 1 is 1.05 bits per heavy atom. The lowest BCUT2D eigenvalue weighted by Crippen LogP contribution is -2.55. The van der Waals surface area contributed by atoms with Gasteiger partial charge in [-0.25, -0.2) is 9.38 Å². The van der Waals surface area contributed by atoms with Gasteiger partial charge in [-0.15, -0.1) is 0 Å². The first-order chi connectivity index (χ1) is 18.1. The molecule has 0 bridgehead atoms. The Kier molecular flexibility index (Phi) is 6.79. The molecule has 4 aliphatic heterocycles. The molecular weight excluding hydrogens is 517 g/mol. The summed E-state index contributed by atoms with van der Waals surface area (Å²) in [6, 6.07) is 3.77. The Morgan fingerprint density at radius 2 is 1.74 bits per heavy atom. The predicted octanol–water partition coefficient (Wildman–Crippen LogP) is -0.901. The average Bonchev–Trinajstić information content (AvgIpc) is 3.17. The van der Waals surface area contributed by atoms with E-state index >= 15 is 0 Å². The predicted molar refractivity (Wildman–Crippen MR) is 135 cm³/mol. The molecule has 4 aliphatic rings. The van der Waals surface area contributed by atoms with Gasteiger partial charge in [0.2, 0.25) is 0 Å². The SMILES string of the molecule is CN1CCN(C2=CN3C(=O)C(=O)C(C(=O)NCc4ccc(F)cc4)N=C3C(N3CCN(C)S3(=O)=O)=C2)CC1. The van der Waals surface area contributed by atoms with Gasteiger partial charge in [0.25, 0.3) is 11.7 Å². The average molecular weight is 546 g/mol. The van der Waals surface area contributed by atoms with Gasteiger partial charge in [0, 0.05) is 59.1 Å². The van der Waals surface area contributed by atoms with Crippen molar-refractivity contribution in [2.45, 2.75) is 12.6 Å². The highest BCUT2D eigenvalue weighted by Gasteiger charge is 2.46. The van der Waals surface area contributed by atoms with Gasteiger partial charge in [0.1, 0.15) is 5.82 Å². The molecule has 0 aliphatic carbocycles. The van der Waals surface area contributed by atoms with E-state index in [2.05, 4.69) is 15.2 Å². The van der Waals surface area contributed by atoms with Crippen LogP contribution in [0.4, 0.5) is 4.39 Å². The zero-order valence-electron chi connectivity index (χ0n) is 21.0. The van der Waals surface area contributed by atoms with Crippen molar-refractivity contribution >= 4 is 33.6 Å². The van der Waals surface area contributed by atoms with E-state index in [1.807, 2.05) is 11.9 Å². The minimum Gasteiger partial charge on any atom is -0.368 e. The fraction of sp³-hybridized carbons (Fsp3) is 0.417. The molecule has 4 heterocycles. The number of amidine groups is 1. The van der Waals surface area contributed by atoms with Gasteiger partial charge in [0.15, 0.2) is 11.9 Å². The third-order valence-corrected chi connectivity index (χ3v) is 8.89. The standard InChI is InChI=1S/C24H28FN7O5S/c1-28-7-10-30(11-8-28)18-13-19(32-12-9-29(2)38(32,36)37)22-27-20(21(33)24(35)31(22)15-18)23(34)26-14-16-3-5-17(25)6-4-16/h3-6,13,15,20H,7-12,14H2,1-2H3,(H,26,34). The third-order valence-electron chi connectivity index (χ3n) is 6.99. The summed E-state index contributed by atoms with van der Waals surface area (Å²) in [6.45, 7) is 3.19. The van der Waals surface area contributed by atoms with Gasteiger partial charge in [-0.3, -0.25) is 23.6 Å². The van der Waals surface area contributed by atoms with Crippen LogP contribution in [-0.2, 0) is 31.1 Å². The second kappa shape index (κ2) is 9.93. The molecule has 2 amide bonds. The first kappa shape index (κ1) is 26.0. The molecule has 0 radical (unpaired) electrons. The summed E-state index contributed by atoms with van der Waals surface area (Å²) in [4.78, 5) is 48.7. The third kappa shape index (κ3) is 4.70. The summed E-state index contributed by atoms with van der Waals surface area (Å²) in [5, 5.41) is 2.56. The smallest absolute Gasteiger partial charge is 0.304 e. The van der Waals surface area contributed by atoms with E-state index in [0.717, 1.165) is 22.3 Å². The van der Waals surface area contributed by atoms with Crippen LogP contribution in [0.3, 0.4) is 0 Å². The van der Waals surface area contributed by atoms with E-state index in [0.29, 0.717) is 24.4 Å². The first-order valence-corrected chi connectivity index (χ1v) is 13.5. The van der Waals surface area contributed by atoms with Gasteiger partial charge < -0.3 is 15.1 Å². The van der Waals surface area contributed by atoms with Crippen LogP contribution < -0.4 is 5.32 Å². The van der Waals surface area contributed by atoms with Crippen LogP contribution in [0.25, 0.3) is 0 Å². The maximum Gasteiger partial charge on any atom is 0.304 e. The second-order valence-electron chi connectivity index (χ2n) is 9.51. The number of piperazine rings is 1. The fourth-order valence-electron chi connectivity index (χ4n) is 4.62. The van der Waals surface area contributed by atoms with Crippen molar-refractivity contribution in [2.24, 2.45) is 4.99 Å². The van der Waals surface area contributed by atoms with Gasteiger partial charge >= 0.3 is 16.1 Å². The number of nitrogens with one attached hydrogen (secondary N) is 1. The molecule has 38 heavy (non-hydrogen) atoms. The summed E-state index contributed by atoms with van der Waals surface area (Å²) in [6.07, 6.45) is 3.13. The van der Waals surface area contributed by atoms with Crippen molar-refractivity contribution < 1.29 is 27.2 Å². The van der Waals surface area contributed by atoms with Gasteiger partial charge in [-0.1, -0.05) is 12.1 Å². The molecule has 1 atom stereocenters. The van der Waals surface area contributed by atoms with Crippen molar-refractivity contribution in [3.63, 3.8) is 0 Å². The van der Waals surface area contributed by atoms with Crippen molar-refractivity contribution in [3.05, 3.63) is 59.3 Å². The lowest BCUT2D eigenvalue weighted by Gasteiger charge is -2.39. The van der Waals surface area contributed by atoms with Crippen molar-refractivity contribution in [1.82, 2.24) is 28.6 Å². The number of allylic oxidation sites excluding steroid dienone is 1. The normalized spacial score (nSPS) is 24.1. The van der Waals surface area contributed by atoms with E-state index in [1.165, 1.54) is 41.8 Å². The highest BCUT2D eigenvalue weighted by molar-refractivity contribution is 7.87. The number of likely N-dealkylation sites (N-methyl/N-ethyl adjacent to an activating group) is 2. The summed E-state index contributed by atoms with van der Waals surface area (Å²) in [5.41, 5.74) is 1.30. The number of hydrogen-bond acceptors (Lipinski definition) is 8. The van der Waals surface area contributed by atoms with Gasteiger partial charge in [-0.2, -0.15) is 12.7 Å². The topological polar surface area (TPSA) is 126 Å². The van der Waals surface area contributed by atoms with Crippen LogP contribution in [0.2, 0.25) is 0 Å². The summed E-state index contributed by atoms with van der Waals surface area (Å²) in [5.74, 6) is -3.31. The number of fused-ring (bicyclic) bond motifs is 1. The van der Waals surface area contributed by atoms with Crippen LogP contribution in [0, 0.1) is 5.82 Å². The maximum atomic E-state index is 13.2. The second-order valence-corrected chi connectivity index (χ2v) is 11.5. The molecule has 1 unspecified atom stereocenters. The molecule has 1 aromatic carbocycles. The van der Waals surface area contributed by atoms with Crippen molar-refractivity contribution in [3.8, 4) is 0 Å². The molecule has 12 nitrogen and oxygen atoms in total. The largest absolute Gasteiger partial charge is 0.368 e. The van der Waals surface area contributed by atoms with Crippen molar-refractivity contribution in [1.29, 1.82) is 0 Å². The number of rotatable bonds is 5. The number of Topliss-reactive ketones (excluding diaryl/α,β-unsaturated/α-hetero) is 1. The Balaban J connectivity index is 1.48. The van der Waals surface area contributed by atoms with Crippen LogP contribution in [0.15, 0.2) is 52.9 Å².